The number of carbonyl (C=O) groups is 2. The van der Waals surface area contributed by atoms with Crippen molar-refractivity contribution in [3.8, 4) is 0 Å². The maximum atomic E-state index is 12.0. The summed E-state index contributed by atoms with van der Waals surface area (Å²) in [6.45, 7) is 14.4. The normalized spacial score (nSPS) is 12.3. The first kappa shape index (κ1) is 29.7. The number of ether oxygens (including phenoxy) is 1. The van der Waals surface area contributed by atoms with Crippen LogP contribution in [-0.2, 0) is 9.53 Å². The molecule has 0 aliphatic rings. The summed E-state index contributed by atoms with van der Waals surface area (Å²) in [5, 5.41) is 9.29. The molecule has 2 amide bonds. The molecule has 0 aliphatic heterocycles. The summed E-state index contributed by atoms with van der Waals surface area (Å²) < 4.78 is 5.30. The van der Waals surface area contributed by atoms with Crippen LogP contribution in [0.2, 0.25) is 0 Å². The third-order valence-electron chi connectivity index (χ3n) is 3.57. The van der Waals surface area contributed by atoms with Crippen LogP contribution in [0, 0.1) is 0 Å². The topological polar surface area (TPSA) is 95.1 Å². The number of halogens is 1. The average molecular weight is 525 g/mol. The summed E-state index contributed by atoms with van der Waals surface area (Å²) in [5.41, 5.74) is 0.406. The first-order valence-corrected chi connectivity index (χ1v) is 9.80. The average Bonchev–Trinajstić information content (AvgIpc) is 2.57. The van der Waals surface area contributed by atoms with Crippen LogP contribution in [0.15, 0.2) is 17.1 Å². The minimum Gasteiger partial charge on any atom is -0.444 e. The van der Waals surface area contributed by atoms with Crippen LogP contribution in [0.25, 0.3) is 0 Å². The fourth-order valence-electron chi connectivity index (χ4n) is 2.07. The largest absolute Gasteiger partial charge is 0.444 e. The number of nitrogens with zero attached hydrogens (tertiary/aromatic N) is 2. The first-order chi connectivity index (χ1) is 12.9. The molecule has 0 spiro atoms. The predicted molar refractivity (Wildman–Crippen MR) is 130 cm³/mol. The highest BCUT2D eigenvalue weighted by Gasteiger charge is 2.18. The van der Waals surface area contributed by atoms with Crippen LogP contribution in [0.5, 0.6) is 0 Å². The molecule has 0 aromatic carbocycles. The van der Waals surface area contributed by atoms with E-state index in [1.807, 2.05) is 27.7 Å². The Labute approximate surface area is 193 Å². The van der Waals surface area contributed by atoms with E-state index in [4.69, 9.17) is 4.74 Å². The van der Waals surface area contributed by atoms with E-state index in [2.05, 4.69) is 34.4 Å². The van der Waals surface area contributed by atoms with Gasteiger partial charge in [0.1, 0.15) is 12.1 Å². The Bertz CT molecular complexity index is 545. The van der Waals surface area contributed by atoms with Crippen LogP contribution in [0.1, 0.15) is 53.9 Å². The molecule has 0 saturated heterocycles. The monoisotopic (exact) mass is 525 g/mol. The molecule has 9 heteroatoms. The van der Waals surface area contributed by atoms with E-state index in [-0.39, 0.29) is 42.5 Å². The molecule has 8 nitrogen and oxygen atoms in total. The molecule has 0 fully saturated rings. The molecule has 0 rings (SSSR count). The van der Waals surface area contributed by atoms with E-state index in [0.29, 0.717) is 19.0 Å². The van der Waals surface area contributed by atoms with Gasteiger partial charge < -0.3 is 25.6 Å². The van der Waals surface area contributed by atoms with Crippen molar-refractivity contribution in [1.82, 2.24) is 20.9 Å². The van der Waals surface area contributed by atoms with E-state index in [1.54, 1.807) is 14.1 Å². The van der Waals surface area contributed by atoms with Gasteiger partial charge in [0.2, 0.25) is 5.91 Å². The van der Waals surface area contributed by atoms with Crippen LogP contribution < -0.4 is 16.0 Å². The molecule has 170 valence electrons. The summed E-state index contributed by atoms with van der Waals surface area (Å²) in [6, 6.07) is -0.0432. The molecule has 0 saturated carbocycles. The second kappa shape index (κ2) is 15.3. The van der Waals surface area contributed by atoms with Crippen molar-refractivity contribution in [2.75, 3.05) is 33.7 Å². The van der Waals surface area contributed by atoms with Gasteiger partial charge in [-0.25, -0.2) is 9.79 Å². The smallest absolute Gasteiger partial charge is 0.407 e. The summed E-state index contributed by atoms with van der Waals surface area (Å²) in [5.74, 6) is 0.429. The van der Waals surface area contributed by atoms with Gasteiger partial charge in [0.05, 0.1) is 0 Å². The molecule has 1 unspecified atom stereocenters. The number of hydrogen-bond acceptors (Lipinski definition) is 4. The highest BCUT2D eigenvalue weighted by Crippen LogP contribution is 2.07. The molecular weight excluding hydrogens is 485 g/mol. The van der Waals surface area contributed by atoms with Crippen molar-refractivity contribution < 1.29 is 14.3 Å². The zero-order chi connectivity index (χ0) is 21.7. The van der Waals surface area contributed by atoms with Crippen molar-refractivity contribution in [3.05, 3.63) is 12.2 Å². The Hall–Kier alpha value is -1.52. The number of likely N-dealkylation sites (N-methyl/N-ethyl adjacent to an activating group) is 1. The molecule has 0 aliphatic carbocycles. The summed E-state index contributed by atoms with van der Waals surface area (Å²) >= 11 is 0. The summed E-state index contributed by atoms with van der Waals surface area (Å²) in [4.78, 5) is 29.7. The van der Waals surface area contributed by atoms with E-state index in [0.717, 1.165) is 24.8 Å². The van der Waals surface area contributed by atoms with Crippen molar-refractivity contribution in [1.29, 1.82) is 0 Å². The van der Waals surface area contributed by atoms with Gasteiger partial charge in [-0.1, -0.05) is 31.9 Å². The van der Waals surface area contributed by atoms with E-state index in [1.165, 1.54) is 4.90 Å². The molecule has 1 atom stereocenters. The van der Waals surface area contributed by atoms with E-state index >= 15 is 0 Å². The summed E-state index contributed by atoms with van der Waals surface area (Å²) in [7, 11) is 3.39. The van der Waals surface area contributed by atoms with Crippen molar-refractivity contribution in [2.24, 2.45) is 4.99 Å². The van der Waals surface area contributed by atoms with E-state index in [9.17, 15) is 9.59 Å². The molecule has 0 heterocycles. The fourth-order valence-corrected chi connectivity index (χ4v) is 2.07. The van der Waals surface area contributed by atoms with Gasteiger partial charge in [-0.2, -0.15) is 0 Å². The van der Waals surface area contributed by atoms with Crippen molar-refractivity contribution in [2.45, 2.75) is 65.5 Å². The van der Waals surface area contributed by atoms with Crippen LogP contribution in [0.4, 0.5) is 4.79 Å². The number of carbonyl (C=O) groups excluding carboxylic acids is 2. The molecule has 0 bridgehead atoms. The molecule has 0 aromatic heterocycles. The van der Waals surface area contributed by atoms with Gasteiger partial charge in [0, 0.05) is 33.2 Å². The number of amides is 2. The Morgan fingerprint density at radius 3 is 2.31 bits per heavy atom. The lowest BCUT2D eigenvalue weighted by Crippen LogP contribution is -2.49. The molecule has 0 radical (unpaired) electrons. The van der Waals surface area contributed by atoms with Gasteiger partial charge in [-0.15, -0.1) is 24.0 Å². The lowest BCUT2D eigenvalue weighted by atomic mass is 10.1. The lowest BCUT2D eigenvalue weighted by Gasteiger charge is -2.24. The van der Waals surface area contributed by atoms with Gasteiger partial charge in [0.15, 0.2) is 5.96 Å². The Morgan fingerprint density at radius 1 is 1.21 bits per heavy atom. The van der Waals surface area contributed by atoms with E-state index < -0.39 is 11.7 Å². The zero-order valence-corrected chi connectivity index (χ0v) is 21.4. The van der Waals surface area contributed by atoms with Gasteiger partial charge in [-0.3, -0.25) is 4.79 Å². The zero-order valence-electron chi connectivity index (χ0n) is 19.1. The second-order valence-electron chi connectivity index (χ2n) is 8.13. The Balaban J connectivity index is 0. The van der Waals surface area contributed by atoms with Crippen molar-refractivity contribution in [3.63, 3.8) is 0 Å². The number of nitrogens with one attached hydrogen (secondary N) is 3. The van der Waals surface area contributed by atoms with Gasteiger partial charge in [0.25, 0.3) is 0 Å². The highest BCUT2D eigenvalue weighted by atomic mass is 127. The van der Waals surface area contributed by atoms with Crippen LogP contribution >= 0.6 is 24.0 Å². The Kier molecular flexibility index (Phi) is 15.7. The number of alkyl carbamates (subject to hydrolysis) is 1. The number of hydrogen-bond donors (Lipinski definition) is 3. The highest BCUT2D eigenvalue weighted by molar-refractivity contribution is 14.0. The number of aliphatic imine (C=N–C) groups is 1. The van der Waals surface area contributed by atoms with Crippen LogP contribution in [-0.4, -0.2) is 68.2 Å². The quantitative estimate of drug-likeness (QED) is 0.177. The van der Waals surface area contributed by atoms with Gasteiger partial charge >= 0.3 is 6.09 Å². The second-order valence-corrected chi connectivity index (χ2v) is 8.13. The maximum absolute atomic E-state index is 12.0. The molecule has 3 N–H and O–H groups in total. The molecule has 29 heavy (non-hydrogen) atoms. The summed E-state index contributed by atoms with van der Waals surface area (Å²) in [6.07, 6.45) is 2.43. The fraction of sp³-hybridized carbons (Fsp3) is 0.750. The lowest BCUT2D eigenvalue weighted by molar-refractivity contribution is -0.127. The molecular formula is C20H40IN5O3. The third kappa shape index (κ3) is 17.1. The predicted octanol–water partition coefficient (Wildman–Crippen LogP) is 2.89. The standard InChI is InChI=1S/C20H39N5O3.HI/c1-9-10-11-16(13-23-19(27)28-20(4,5)6)24-18(21-12-15(2)3)22-14-17(26)25(7)8;/h16H,2,9-14H2,1,3-8H3,(H,23,27)(H2,21,22,24);1H. The SMILES string of the molecule is C=C(C)CNC(=NCC(=O)N(C)C)NC(CCCC)CNC(=O)OC(C)(C)C.I. The third-order valence-corrected chi connectivity index (χ3v) is 3.57. The minimum absolute atomic E-state index is 0. The maximum Gasteiger partial charge on any atom is 0.407 e. The van der Waals surface area contributed by atoms with Crippen LogP contribution in [0.3, 0.4) is 0 Å². The molecule has 0 aromatic rings. The Morgan fingerprint density at radius 2 is 1.83 bits per heavy atom. The first-order valence-electron chi connectivity index (χ1n) is 9.80. The number of guanidine groups is 1. The number of rotatable bonds is 10. The number of unbranched alkanes of at least 4 members (excludes halogenated alkanes) is 1. The van der Waals surface area contributed by atoms with Crippen molar-refractivity contribution >= 4 is 41.9 Å². The minimum atomic E-state index is -0.543. The van der Waals surface area contributed by atoms with Gasteiger partial charge in [-0.05, 0) is 34.1 Å².